The second-order valence-electron chi connectivity index (χ2n) is 4.04. The number of nitrogens with zero attached hydrogens (tertiary/aromatic N) is 2. The minimum absolute atomic E-state index is 0.188. The van der Waals surface area contributed by atoms with Gasteiger partial charge in [0.25, 0.3) is 5.88 Å². The lowest BCUT2D eigenvalue weighted by Crippen LogP contribution is -2.03. The van der Waals surface area contributed by atoms with E-state index in [0.717, 1.165) is 18.3 Å². The molecule has 0 amide bonds. The summed E-state index contributed by atoms with van der Waals surface area (Å²) in [6.45, 7) is 0. The Bertz CT molecular complexity index is 651. The average Bonchev–Trinajstić information content (AvgIpc) is 2.46. The summed E-state index contributed by atoms with van der Waals surface area (Å²) in [6.07, 6.45) is -0.439. The van der Waals surface area contributed by atoms with Crippen LogP contribution in [0.2, 0.25) is 0 Å². The van der Waals surface area contributed by atoms with E-state index in [0.29, 0.717) is 5.56 Å². The molecule has 0 saturated carbocycles. The molecule has 0 aliphatic carbocycles. The number of alkyl halides is 3. The van der Waals surface area contributed by atoms with Crippen LogP contribution in [0.4, 0.5) is 17.6 Å². The fourth-order valence-corrected chi connectivity index (χ4v) is 1.54. The van der Waals surface area contributed by atoms with E-state index in [4.69, 9.17) is 4.74 Å². The Morgan fingerprint density at radius 2 is 1.76 bits per heavy atom. The van der Waals surface area contributed by atoms with Crippen molar-refractivity contribution in [3.8, 4) is 5.88 Å². The molecule has 21 heavy (non-hydrogen) atoms. The van der Waals surface area contributed by atoms with E-state index in [9.17, 15) is 17.6 Å². The number of rotatable bonds is 3. The Kier molecular flexibility index (Phi) is 4.21. The second kappa shape index (κ2) is 5.90. The van der Waals surface area contributed by atoms with Crippen LogP contribution in [0.15, 0.2) is 30.5 Å². The van der Waals surface area contributed by atoms with E-state index in [1.165, 1.54) is 31.4 Å². The van der Waals surface area contributed by atoms with Crippen molar-refractivity contribution in [3.05, 3.63) is 53.2 Å². The Balaban J connectivity index is 2.18. The number of hydrogen-bond acceptors (Lipinski definition) is 3. The quantitative estimate of drug-likeness (QED) is 0.808. The van der Waals surface area contributed by atoms with Gasteiger partial charge in [0.05, 0.1) is 18.9 Å². The van der Waals surface area contributed by atoms with Gasteiger partial charge in [0, 0.05) is 0 Å². The summed E-state index contributed by atoms with van der Waals surface area (Å²) in [5.41, 5.74) is -0.186. The number of methoxy groups -OCH3 is 1. The number of hydrogen-bond donors (Lipinski definition) is 0. The summed E-state index contributed by atoms with van der Waals surface area (Å²) in [6, 6.07) is 4.59. The summed E-state index contributed by atoms with van der Waals surface area (Å²) < 4.78 is 55.0. The van der Waals surface area contributed by atoms with Crippen molar-refractivity contribution in [2.75, 3.05) is 7.11 Å². The molecule has 110 valence electrons. The van der Waals surface area contributed by atoms with Gasteiger partial charge in [-0.1, -0.05) is 18.2 Å². The van der Waals surface area contributed by atoms with Crippen LogP contribution in [0, 0.1) is 5.82 Å². The van der Waals surface area contributed by atoms with Crippen LogP contribution < -0.4 is 4.74 Å². The molecule has 7 heteroatoms. The van der Waals surface area contributed by atoms with Crippen molar-refractivity contribution < 1.29 is 22.3 Å². The highest BCUT2D eigenvalue weighted by Crippen LogP contribution is 2.29. The van der Waals surface area contributed by atoms with Crippen molar-refractivity contribution in [2.45, 2.75) is 6.18 Å². The molecule has 0 aliphatic rings. The SMILES string of the molecule is COc1nc(C=Cc2ccc(C(F)(F)F)cc2)ncc1F. The summed E-state index contributed by atoms with van der Waals surface area (Å²) in [5, 5.41) is 0. The minimum atomic E-state index is -4.37. The Morgan fingerprint density at radius 3 is 2.33 bits per heavy atom. The van der Waals surface area contributed by atoms with Crippen molar-refractivity contribution in [1.29, 1.82) is 0 Å². The first kappa shape index (κ1) is 15.0. The summed E-state index contributed by atoms with van der Waals surface area (Å²) in [4.78, 5) is 7.51. The molecule has 0 unspecified atom stereocenters. The molecule has 0 fully saturated rings. The molecule has 0 bridgehead atoms. The molecule has 1 aromatic carbocycles. The number of halogens is 4. The van der Waals surface area contributed by atoms with Crippen LogP contribution in [-0.2, 0) is 6.18 Å². The van der Waals surface area contributed by atoms with Gasteiger partial charge in [-0.2, -0.15) is 22.5 Å². The molecule has 0 saturated heterocycles. The maximum Gasteiger partial charge on any atom is 0.416 e. The smallest absolute Gasteiger partial charge is 0.416 e. The lowest BCUT2D eigenvalue weighted by atomic mass is 10.1. The standard InChI is InChI=1S/C14H10F4N2O/c1-21-13-11(15)8-19-12(20-13)7-4-9-2-5-10(6-3-9)14(16,17)18/h2-8H,1H3. The zero-order valence-electron chi connectivity index (χ0n) is 10.9. The van der Waals surface area contributed by atoms with Crippen LogP contribution in [0.5, 0.6) is 5.88 Å². The Hall–Kier alpha value is -2.44. The van der Waals surface area contributed by atoms with Gasteiger partial charge < -0.3 is 4.74 Å². The number of benzene rings is 1. The lowest BCUT2D eigenvalue weighted by Gasteiger charge is -2.05. The molecule has 2 rings (SSSR count). The first-order valence-corrected chi connectivity index (χ1v) is 5.82. The van der Waals surface area contributed by atoms with Gasteiger partial charge in [-0.25, -0.2) is 4.98 Å². The predicted octanol–water partition coefficient (Wildman–Crippen LogP) is 3.81. The molecular weight excluding hydrogens is 288 g/mol. The molecule has 0 aliphatic heterocycles. The molecule has 2 aromatic rings. The zero-order chi connectivity index (χ0) is 15.5. The Morgan fingerprint density at radius 1 is 1.10 bits per heavy atom. The van der Waals surface area contributed by atoms with Crippen LogP contribution >= 0.6 is 0 Å². The van der Waals surface area contributed by atoms with E-state index in [1.54, 1.807) is 0 Å². The molecule has 1 aromatic heterocycles. The second-order valence-corrected chi connectivity index (χ2v) is 4.04. The molecule has 0 spiro atoms. The van der Waals surface area contributed by atoms with Crippen LogP contribution in [0.25, 0.3) is 12.2 Å². The summed E-state index contributed by atoms with van der Waals surface area (Å²) >= 11 is 0. The number of aromatic nitrogens is 2. The van der Waals surface area contributed by atoms with Crippen molar-refractivity contribution in [1.82, 2.24) is 9.97 Å². The fourth-order valence-electron chi connectivity index (χ4n) is 1.54. The highest BCUT2D eigenvalue weighted by atomic mass is 19.4. The van der Waals surface area contributed by atoms with Crippen molar-refractivity contribution in [2.24, 2.45) is 0 Å². The largest absolute Gasteiger partial charge is 0.479 e. The minimum Gasteiger partial charge on any atom is -0.479 e. The molecule has 0 radical (unpaired) electrons. The lowest BCUT2D eigenvalue weighted by molar-refractivity contribution is -0.137. The van der Waals surface area contributed by atoms with E-state index in [-0.39, 0.29) is 11.7 Å². The molecule has 0 N–H and O–H groups in total. The van der Waals surface area contributed by atoms with Crippen LogP contribution in [-0.4, -0.2) is 17.1 Å². The topological polar surface area (TPSA) is 35.0 Å². The van der Waals surface area contributed by atoms with Gasteiger partial charge in [0.2, 0.25) is 5.82 Å². The molecule has 0 atom stereocenters. The molecule has 3 nitrogen and oxygen atoms in total. The molecular formula is C14H10F4N2O. The highest BCUT2D eigenvalue weighted by molar-refractivity contribution is 5.66. The van der Waals surface area contributed by atoms with Gasteiger partial charge >= 0.3 is 6.18 Å². The maximum absolute atomic E-state index is 13.1. The van der Waals surface area contributed by atoms with Crippen molar-refractivity contribution >= 4 is 12.2 Å². The summed E-state index contributed by atoms with van der Waals surface area (Å²) in [7, 11) is 1.27. The highest BCUT2D eigenvalue weighted by Gasteiger charge is 2.29. The van der Waals surface area contributed by atoms with Crippen LogP contribution in [0.1, 0.15) is 17.0 Å². The normalized spacial score (nSPS) is 11.9. The Labute approximate surface area is 117 Å². The van der Waals surface area contributed by atoms with Gasteiger partial charge in [0.1, 0.15) is 0 Å². The van der Waals surface area contributed by atoms with E-state index >= 15 is 0 Å². The third-order valence-electron chi connectivity index (χ3n) is 2.59. The first-order chi connectivity index (χ1) is 9.90. The van der Waals surface area contributed by atoms with Gasteiger partial charge in [-0.15, -0.1) is 0 Å². The molecule has 1 heterocycles. The monoisotopic (exact) mass is 298 g/mol. The third-order valence-corrected chi connectivity index (χ3v) is 2.59. The third kappa shape index (κ3) is 3.77. The van der Waals surface area contributed by atoms with Gasteiger partial charge in [0.15, 0.2) is 5.82 Å². The van der Waals surface area contributed by atoms with E-state index in [1.807, 2.05) is 0 Å². The zero-order valence-corrected chi connectivity index (χ0v) is 10.9. The first-order valence-electron chi connectivity index (χ1n) is 5.82. The number of ether oxygens (including phenoxy) is 1. The van der Waals surface area contributed by atoms with Gasteiger partial charge in [-0.3, -0.25) is 0 Å². The van der Waals surface area contributed by atoms with Crippen LogP contribution in [0.3, 0.4) is 0 Å². The fraction of sp³-hybridized carbons (Fsp3) is 0.143. The van der Waals surface area contributed by atoms with E-state index < -0.39 is 17.6 Å². The van der Waals surface area contributed by atoms with Gasteiger partial charge in [-0.05, 0) is 23.8 Å². The average molecular weight is 298 g/mol. The van der Waals surface area contributed by atoms with Crippen molar-refractivity contribution in [3.63, 3.8) is 0 Å². The van der Waals surface area contributed by atoms with E-state index in [2.05, 4.69) is 9.97 Å². The maximum atomic E-state index is 13.1. The predicted molar refractivity (Wildman–Crippen MR) is 68.9 cm³/mol. The summed E-state index contributed by atoms with van der Waals surface area (Å²) in [5.74, 6) is -0.700.